The van der Waals surface area contributed by atoms with Crippen LogP contribution in [-0.2, 0) is 16.1 Å². The van der Waals surface area contributed by atoms with Gasteiger partial charge in [-0.05, 0) is 62.6 Å². The number of anilines is 2. The smallest absolute Gasteiger partial charge is 0.313 e. The highest BCUT2D eigenvalue weighted by Gasteiger charge is 2.15. The molecule has 2 rings (SSSR count). The quantitative estimate of drug-likeness (QED) is 0.783. The molecule has 5 heteroatoms. The maximum atomic E-state index is 12.2. The summed E-state index contributed by atoms with van der Waals surface area (Å²) in [4.78, 5) is 26.5. The second kappa shape index (κ2) is 9.04. The van der Waals surface area contributed by atoms with Crippen molar-refractivity contribution >= 4 is 23.2 Å². The molecular weight excluding hydrogens is 326 g/mol. The van der Waals surface area contributed by atoms with Crippen molar-refractivity contribution in [1.29, 1.82) is 0 Å². The van der Waals surface area contributed by atoms with Crippen molar-refractivity contribution in [2.24, 2.45) is 0 Å². The molecule has 0 aliphatic heterocycles. The van der Waals surface area contributed by atoms with Gasteiger partial charge >= 0.3 is 11.8 Å². The second-order valence-electron chi connectivity index (χ2n) is 6.23. The normalized spacial score (nSPS) is 10.3. The molecule has 0 radical (unpaired) electrons. The summed E-state index contributed by atoms with van der Waals surface area (Å²) in [6.45, 7) is 10.3. The third-order valence-corrected chi connectivity index (χ3v) is 4.49. The van der Waals surface area contributed by atoms with Crippen LogP contribution in [0.25, 0.3) is 0 Å². The summed E-state index contributed by atoms with van der Waals surface area (Å²) in [5, 5.41) is 5.36. The zero-order chi connectivity index (χ0) is 19.1. The van der Waals surface area contributed by atoms with E-state index in [4.69, 9.17) is 0 Å². The average Bonchev–Trinajstić information content (AvgIpc) is 2.63. The largest absolute Gasteiger partial charge is 0.372 e. The molecule has 0 aliphatic rings. The fourth-order valence-electron chi connectivity index (χ4n) is 2.82. The number of nitrogens with zero attached hydrogens (tertiary/aromatic N) is 1. The van der Waals surface area contributed by atoms with Gasteiger partial charge in [-0.25, -0.2) is 0 Å². The Labute approximate surface area is 155 Å². The van der Waals surface area contributed by atoms with E-state index in [1.54, 1.807) is 0 Å². The van der Waals surface area contributed by atoms with Gasteiger partial charge in [-0.3, -0.25) is 9.59 Å². The summed E-state index contributed by atoms with van der Waals surface area (Å²) in [5.41, 5.74) is 4.75. The van der Waals surface area contributed by atoms with Crippen molar-refractivity contribution in [2.45, 2.75) is 34.2 Å². The lowest BCUT2D eigenvalue weighted by Crippen LogP contribution is -2.35. The van der Waals surface area contributed by atoms with Crippen LogP contribution in [0.3, 0.4) is 0 Å². The van der Waals surface area contributed by atoms with Gasteiger partial charge in [-0.15, -0.1) is 0 Å². The molecule has 2 aromatic rings. The predicted octanol–water partition coefficient (Wildman–Crippen LogP) is 3.40. The maximum absolute atomic E-state index is 12.2. The highest BCUT2D eigenvalue weighted by molar-refractivity contribution is 6.39. The van der Waals surface area contributed by atoms with Crippen LogP contribution >= 0.6 is 0 Å². The van der Waals surface area contributed by atoms with E-state index in [0.29, 0.717) is 12.2 Å². The van der Waals surface area contributed by atoms with E-state index >= 15 is 0 Å². The van der Waals surface area contributed by atoms with Crippen molar-refractivity contribution in [1.82, 2.24) is 5.32 Å². The Bertz CT molecular complexity index is 783. The van der Waals surface area contributed by atoms with Crippen molar-refractivity contribution < 1.29 is 9.59 Å². The van der Waals surface area contributed by atoms with Crippen LogP contribution in [0.1, 0.15) is 30.5 Å². The zero-order valence-electron chi connectivity index (χ0n) is 15.9. The van der Waals surface area contributed by atoms with E-state index in [0.717, 1.165) is 35.5 Å². The number of hydrogen-bond acceptors (Lipinski definition) is 3. The first-order chi connectivity index (χ1) is 12.5. The van der Waals surface area contributed by atoms with Crippen LogP contribution in [0.5, 0.6) is 0 Å². The van der Waals surface area contributed by atoms with Gasteiger partial charge in [0, 0.05) is 31.0 Å². The minimum Gasteiger partial charge on any atom is -0.372 e. The molecule has 0 saturated heterocycles. The van der Waals surface area contributed by atoms with E-state index in [9.17, 15) is 9.59 Å². The van der Waals surface area contributed by atoms with Gasteiger partial charge in [0.2, 0.25) is 0 Å². The molecule has 0 aromatic heterocycles. The Morgan fingerprint density at radius 3 is 2.23 bits per heavy atom. The molecule has 0 atom stereocenters. The number of hydrogen-bond donors (Lipinski definition) is 2. The number of nitrogens with one attached hydrogen (secondary N) is 2. The molecule has 2 amide bonds. The third kappa shape index (κ3) is 4.85. The monoisotopic (exact) mass is 353 g/mol. The summed E-state index contributed by atoms with van der Waals surface area (Å²) in [6.07, 6.45) is 0. The molecule has 0 saturated carbocycles. The van der Waals surface area contributed by atoms with Gasteiger partial charge in [0.05, 0.1) is 0 Å². The second-order valence-corrected chi connectivity index (χ2v) is 6.23. The van der Waals surface area contributed by atoms with Crippen molar-refractivity contribution in [3.63, 3.8) is 0 Å². The Kier molecular flexibility index (Phi) is 6.78. The molecule has 0 unspecified atom stereocenters. The molecule has 0 fully saturated rings. The van der Waals surface area contributed by atoms with Crippen LogP contribution in [0.2, 0.25) is 0 Å². The number of amides is 2. The van der Waals surface area contributed by atoms with Gasteiger partial charge in [0.1, 0.15) is 0 Å². The Hall–Kier alpha value is -2.82. The molecule has 0 spiro atoms. The van der Waals surface area contributed by atoms with Crippen molar-refractivity contribution in [3.8, 4) is 0 Å². The van der Waals surface area contributed by atoms with Crippen LogP contribution in [0.15, 0.2) is 42.5 Å². The van der Waals surface area contributed by atoms with Crippen molar-refractivity contribution in [3.05, 3.63) is 59.2 Å². The maximum Gasteiger partial charge on any atom is 0.313 e. The predicted molar refractivity (Wildman–Crippen MR) is 106 cm³/mol. The lowest BCUT2D eigenvalue weighted by atomic mass is 10.1. The minimum absolute atomic E-state index is 0.332. The fourth-order valence-corrected chi connectivity index (χ4v) is 2.82. The summed E-state index contributed by atoms with van der Waals surface area (Å²) in [7, 11) is 0. The molecule has 138 valence electrons. The van der Waals surface area contributed by atoms with Crippen LogP contribution in [-0.4, -0.2) is 24.9 Å². The van der Waals surface area contributed by atoms with Crippen LogP contribution in [0, 0.1) is 13.8 Å². The first kappa shape index (κ1) is 19.5. The molecule has 0 aliphatic carbocycles. The van der Waals surface area contributed by atoms with Gasteiger partial charge in [-0.1, -0.05) is 24.3 Å². The van der Waals surface area contributed by atoms with Gasteiger partial charge in [0.15, 0.2) is 0 Å². The van der Waals surface area contributed by atoms with Gasteiger partial charge < -0.3 is 15.5 Å². The van der Waals surface area contributed by atoms with Gasteiger partial charge in [0.25, 0.3) is 0 Å². The molecule has 26 heavy (non-hydrogen) atoms. The molecule has 2 aromatic carbocycles. The van der Waals surface area contributed by atoms with E-state index in [2.05, 4.69) is 29.4 Å². The number of carbonyl (C=O) groups is 2. The highest BCUT2D eigenvalue weighted by atomic mass is 16.2. The summed E-state index contributed by atoms with van der Waals surface area (Å²) in [5.74, 6) is -1.29. The third-order valence-electron chi connectivity index (χ3n) is 4.49. The fraction of sp³-hybridized carbons (Fsp3) is 0.333. The number of aryl methyl sites for hydroxylation is 2. The lowest BCUT2D eigenvalue weighted by molar-refractivity contribution is -0.136. The standard InChI is InChI=1S/C21H27N3O2/c1-5-24(6-2)18-11-12-19(16(4)13-18)23-21(26)20(25)22-14-17-10-8-7-9-15(17)3/h7-13H,5-6,14H2,1-4H3,(H,22,25)(H,23,26). The molecule has 0 bridgehead atoms. The Morgan fingerprint density at radius 2 is 1.62 bits per heavy atom. The number of benzene rings is 2. The van der Waals surface area contributed by atoms with Crippen LogP contribution < -0.4 is 15.5 Å². The topological polar surface area (TPSA) is 61.4 Å². The Balaban J connectivity index is 1.98. The number of carbonyl (C=O) groups excluding carboxylic acids is 2. The number of rotatable bonds is 6. The highest BCUT2D eigenvalue weighted by Crippen LogP contribution is 2.22. The van der Waals surface area contributed by atoms with Gasteiger partial charge in [-0.2, -0.15) is 0 Å². The summed E-state index contributed by atoms with van der Waals surface area (Å²) < 4.78 is 0. The van der Waals surface area contributed by atoms with E-state index < -0.39 is 11.8 Å². The first-order valence-corrected chi connectivity index (χ1v) is 8.95. The minimum atomic E-state index is -0.655. The van der Waals surface area contributed by atoms with Crippen LogP contribution in [0.4, 0.5) is 11.4 Å². The molecule has 0 heterocycles. The summed E-state index contributed by atoms with van der Waals surface area (Å²) in [6, 6.07) is 13.6. The molecule has 2 N–H and O–H groups in total. The lowest BCUT2D eigenvalue weighted by Gasteiger charge is -2.22. The SMILES string of the molecule is CCN(CC)c1ccc(NC(=O)C(=O)NCc2ccccc2C)c(C)c1. The zero-order valence-corrected chi connectivity index (χ0v) is 15.9. The van der Waals surface area contributed by atoms with Crippen molar-refractivity contribution in [2.75, 3.05) is 23.3 Å². The molecule has 5 nitrogen and oxygen atoms in total. The molecular formula is C21H27N3O2. The summed E-state index contributed by atoms with van der Waals surface area (Å²) >= 11 is 0. The van der Waals surface area contributed by atoms with E-state index in [-0.39, 0.29) is 0 Å². The first-order valence-electron chi connectivity index (χ1n) is 8.95. The average molecular weight is 353 g/mol. The van der Waals surface area contributed by atoms with E-state index in [1.165, 1.54) is 0 Å². The van der Waals surface area contributed by atoms with E-state index in [1.807, 2.05) is 56.3 Å². The Morgan fingerprint density at radius 1 is 0.923 bits per heavy atom.